The van der Waals surface area contributed by atoms with E-state index in [0.717, 1.165) is 0 Å². The van der Waals surface area contributed by atoms with Gasteiger partial charge in [0, 0.05) is 41.7 Å². The quantitative estimate of drug-likeness (QED) is 0.312. The molecule has 9 rings (SSSR count). The minimum absolute atomic E-state index is 0.00771. The number of piperidine rings is 2. The Hall–Kier alpha value is -1.52. The number of carbonyl (C=O) groups is 2. The molecule has 2 spiro atoms. The number of carbonyl (C=O) groups excluding carboxylic acids is 2. The third kappa shape index (κ3) is 1.92. The van der Waals surface area contributed by atoms with Crippen LogP contribution in [0.4, 0.5) is 0 Å². The van der Waals surface area contributed by atoms with Crippen molar-refractivity contribution in [1.82, 2.24) is 4.90 Å². The van der Waals surface area contributed by atoms with Gasteiger partial charge < -0.3 is 29.9 Å². The summed E-state index contributed by atoms with van der Waals surface area (Å²) < 4.78 is 12.0. The van der Waals surface area contributed by atoms with Crippen LogP contribution in [-0.2, 0) is 19.1 Å². The summed E-state index contributed by atoms with van der Waals surface area (Å²) in [4.78, 5) is 27.5. The number of aliphatic hydroxyl groups excluding tert-OH is 2. The molecule has 0 aromatic heterocycles. The Balaban J connectivity index is 1.44. The predicted octanol–water partition coefficient (Wildman–Crippen LogP) is 0.132. The number of hydrogen-bond acceptors (Lipinski definition) is 9. The van der Waals surface area contributed by atoms with Crippen LogP contribution in [-0.4, -0.2) is 91.5 Å². The number of nitrogens with zero attached hydrogens (tertiary/aromatic N) is 1. The Kier molecular flexibility index (Phi) is 4.17. The lowest BCUT2D eigenvalue weighted by molar-refractivity contribution is -0.345. The summed E-state index contributed by atoms with van der Waals surface area (Å²) in [7, 11) is 0. The maximum absolute atomic E-state index is 13.0. The molecule has 9 nitrogen and oxygen atoms in total. The molecule has 6 aliphatic carbocycles. The first-order chi connectivity index (χ1) is 16.8. The monoisotopic (exact) mass is 503 g/mol. The minimum atomic E-state index is -1.70. The minimum Gasteiger partial charge on any atom is -0.458 e. The fourth-order valence-electron chi connectivity index (χ4n) is 11.4. The third-order valence-corrected chi connectivity index (χ3v) is 12.3. The van der Waals surface area contributed by atoms with Crippen LogP contribution in [0.25, 0.3) is 0 Å². The molecule has 9 heteroatoms. The van der Waals surface area contributed by atoms with Crippen molar-refractivity contribution in [2.75, 3.05) is 6.54 Å². The molecule has 6 saturated carbocycles. The van der Waals surface area contributed by atoms with E-state index in [1.54, 1.807) is 6.92 Å². The molecule has 9 aliphatic rings. The van der Waals surface area contributed by atoms with Crippen molar-refractivity contribution in [3.8, 4) is 0 Å². The second kappa shape index (κ2) is 6.37. The molecule has 3 saturated heterocycles. The molecule has 198 valence electrons. The average Bonchev–Trinajstić information content (AvgIpc) is 3.23. The molecular formula is C27H37NO8. The first-order valence-corrected chi connectivity index (χ1v) is 13.4. The van der Waals surface area contributed by atoms with Crippen molar-refractivity contribution >= 4 is 11.9 Å². The maximum atomic E-state index is 13.0. The number of ether oxygens (including phenoxy) is 2. The largest absolute Gasteiger partial charge is 0.458 e. The molecule has 4 N–H and O–H groups in total. The summed E-state index contributed by atoms with van der Waals surface area (Å²) in [5, 5.41) is 48.6. The van der Waals surface area contributed by atoms with Crippen molar-refractivity contribution in [3.05, 3.63) is 12.2 Å². The van der Waals surface area contributed by atoms with Crippen LogP contribution in [0, 0.1) is 34.0 Å². The highest BCUT2D eigenvalue weighted by molar-refractivity contribution is 5.72. The zero-order chi connectivity index (χ0) is 26.0. The van der Waals surface area contributed by atoms with Gasteiger partial charge in [-0.05, 0) is 31.6 Å². The van der Waals surface area contributed by atoms with Crippen LogP contribution in [0.1, 0.15) is 53.4 Å². The van der Waals surface area contributed by atoms with Crippen LogP contribution in [0.3, 0.4) is 0 Å². The van der Waals surface area contributed by atoms with Crippen molar-refractivity contribution in [1.29, 1.82) is 0 Å². The van der Waals surface area contributed by atoms with E-state index in [0.29, 0.717) is 31.4 Å². The summed E-state index contributed by atoms with van der Waals surface area (Å²) >= 11 is 0. The zero-order valence-corrected chi connectivity index (χ0v) is 21.3. The lowest BCUT2D eigenvalue weighted by Crippen LogP contribution is -2.83. The second-order valence-electron chi connectivity index (χ2n) is 13.3. The Morgan fingerprint density at radius 1 is 1.19 bits per heavy atom. The van der Waals surface area contributed by atoms with E-state index < -0.39 is 75.8 Å². The van der Waals surface area contributed by atoms with Gasteiger partial charge in [0.15, 0.2) is 0 Å². The van der Waals surface area contributed by atoms with Gasteiger partial charge in [-0.25, -0.2) is 0 Å². The highest BCUT2D eigenvalue weighted by atomic mass is 16.6. The van der Waals surface area contributed by atoms with Crippen LogP contribution >= 0.6 is 0 Å². The molecule has 36 heavy (non-hydrogen) atoms. The number of esters is 2. The molecule has 0 amide bonds. The molecule has 9 fully saturated rings. The lowest BCUT2D eigenvalue weighted by atomic mass is 9.36. The molecule has 0 aromatic rings. The van der Waals surface area contributed by atoms with Crippen LogP contribution in [0.2, 0.25) is 0 Å². The molecule has 0 radical (unpaired) electrons. The SMILES string of the molecule is C=C1C[C@@]23C[C@H]4[C@@H]5[C@@]6(C)CN4[C@H]4[C@]5(C[C@@H](OC(=O)C(C)CC)[C@H]6OC(C)=O)[C@]2(O)[C@H](O)[C@@H]1C(O)[C@]43O. The van der Waals surface area contributed by atoms with Crippen molar-refractivity contribution in [2.24, 2.45) is 34.0 Å². The average molecular weight is 504 g/mol. The summed E-state index contributed by atoms with van der Waals surface area (Å²) in [6.07, 6.45) is -2.61. The Labute approximate surface area is 210 Å². The van der Waals surface area contributed by atoms with Gasteiger partial charge in [-0.1, -0.05) is 32.9 Å². The van der Waals surface area contributed by atoms with Crippen molar-refractivity contribution in [3.63, 3.8) is 0 Å². The molecule has 0 aromatic carbocycles. The van der Waals surface area contributed by atoms with Crippen LogP contribution in [0.15, 0.2) is 12.2 Å². The normalized spacial score (nSPS) is 61.4. The van der Waals surface area contributed by atoms with Gasteiger partial charge in [0.2, 0.25) is 0 Å². The summed E-state index contributed by atoms with van der Waals surface area (Å²) in [5.41, 5.74) is -5.51. The summed E-state index contributed by atoms with van der Waals surface area (Å²) in [5.74, 6) is -2.25. The van der Waals surface area contributed by atoms with Crippen molar-refractivity contribution in [2.45, 2.75) is 101 Å². The first kappa shape index (κ1) is 23.6. The standard InChI is InChI=1S/C27H37NO8/c1-6-11(2)21(32)36-15-9-25-17-14-8-24-7-12(3)16(19(31)27(24,25)34)18(30)26(24,33)22(25)28(14)10-23(17,5)20(15)35-13(4)29/h11,14-20,22,30-31,33-34H,3,6-10H2,1-2,4-5H3/t11?,14-,15+,16-,17+,18?,19+,20+,22-,23+,24-,25+,26-,27-/m0/s1. The van der Waals surface area contributed by atoms with E-state index in [9.17, 15) is 30.0 Å². The molecule has 3 heterocycles. The van der Waals surface area contributed by atoms with Gasteiger partial charge in [-0.3, -0.25) is 14.5 Å². The van der Waals surface area contributed by atoms with E-state index in [-0.39, 0.29) is 24.3 Å². The van der Waals surface area contributed by atoms with E-state index in [1.165, 1.54) is 6.92 Å². The number of aliphatic hydroxyl groups is 4. The van der Waals surface area contributed by atoms with Gasteiger partial charge >= 0.3 is 11.9 Å². The van der Waals surface area contributed by atoms with Crippen LogP contribution in [0.5, 0.6) is 0 Å². The highest BCUT2D eigenvalue weighted by Gasteiger charge is 3.00. The molecule has 15 atom stereocenters. The second-order valence-corrected chi connectivity index (χ2v) is 13.3. The fraction of sp³-hybridized carbons (Fsp3) is 0.852. The molecule has 3 unspecified atom stereocenters. The smallest absolute Gasteiger partial charge is 0.309 e. The van der Waals surface area contributed by atoms with E-state index in [2.05, 4.69) is 11.5 Å². The predicted molar refractivity (Wildman–Crippen MR) is 124 cm³/mol. The Morgan fingerprint density at radius 2 is 1.89 bits per heavy atom. The van der Waals surface area contributed by atoms with Gasteiger partial charge in [-0.15, -0.1) is 0 Å². The summed E-state index contributed by atoms with van der Waals surface area (Å²) in [6.45, 7) is 11.7. The fourth-order valence-corrected chi connectivity index (χ4v) is 11.4. The number of hydrogen-bond donors (Lipinski definition) is 4. The first-order valence-electron chi connectivity index (χ1n) is 13.4. The van der Waals surface area contributed by atoms with Gasteiger partial charge in [-0.2, -0.15) is 0 Å². The van der Waals surface area contributed by atoms with E-state index in [4.69, 9.17) is 9.47 Å². The van der Waals surface area contributed by atoms with Gasteiger partial charge in [0.05, 0.1) is 24.2 Å². The lowest BCUT2D eigenvalue weighted by Gasteiger charge is -2.71. The third-order valence-electron chi connectivity index (χ3n) is 12.3. The summed E-state index contributed by atoms with van der Waals surface area (Å²) in [6, 6.07) is -0.607. The van der Waals surface area contributed by atoms with E-state index >= 15 is 0 Å². The number of fused-ring (bicyclic) bond motifs is 1. The van der Waals surface area contributed by atoms with Gasteiger partial charge in [0.1, 0.15) is 23.4 Å². The van der Waals surface area contributed by atoms with E-state index in [1.807, 2.05) is 13.8 Å². The molecular weight excluding hydrogens is 466 g/mol. The maximum Gasteiger partial charge on any atom is 0.309 e. The zero-order valence-electron chi connectivity index (χ0n) is 21.3. The topological polar surface area (TPSA) is 137 Å². The van der Waals surface area contributed by atoms with Gasteiger partial charge in [0.25, 0.3) is 0 Å². The Bertz CT molecular complexity index is 1110. The molecule has 9 bridgehead atoms. The number of rotatable bonds is 4. The highest BCUT2D eigenvalue weighted by Crippen LogP contribution is 2.89. The van der Waals surface area contributed by atoms with Crippen LogP contribution < -0.4 is 0 Å². The Morgan fingerprint density at radius 3 is 2.53 bits per heavy atom. The molecule has 3 aliphatic heterocycles. The van der Waals surface area contributed by atoms with Crippen molar-refractivity contribution < 1.29 is 39.5 Å².